The second-order valence-corrected chi connectivity index (χ2v) is 11.0. The molecule has 5 aromatic rings. The number of carbonyl (C=O) groups excluding carboxylic acids is 1. The van der Waals surface area contributed by atoms with Crippen LogP contribution in [0.5, 0.6) is 5.88 Å². The molecule has 0 saturated heterocycles. The largest absolute Gasteiger partial charge is 0.476 e. The van der Waals surface area contributed by atoms with E-state index in [-0.39, 0.29) is 24.7 Å². The maximum absolute atomic E-state index is 13.4. The van der Waals surface area contributed by atoms with E-state index >= 15 is 0 Å². The van der Waals surface area contributed by atoms with E-state index in [0.717, 1.165) is 27.2 Å². The Morgan fingerprint density at radius 1 is 0.974 bits per heavy atom. The molecule has 5 rings (SSSR count). The van der Waals surface area contributed by atoms with Crippen LogP contribution in [0.25, 0.3) is 32.3 Å². The maximum Gasteiger partial charge on any atom is 0.274 e. The van der Waals surface area contributed by atoms with Gasteiger partial charge >= 0.3 is 0 Å². The highest BCUT2D eigenvalue weighted by Crippen LogP contribution is 2.34. The number of para-hydroxylation sites is 1. The van der Waals surface area contributed by atoms with Gasteiger partial charge in [0.15, 0.2) is 5.82 Å². The molecule has 3 aromatic heterocycles. The van der Waals surface area contributed by atoms with E-state index in [1.807, 2.05) is 60.7 Å². The standard InChI is InChI=1S/C26H22N6O4S2/c1-38(34,35)28-14-15-36-22-16-21(29-23(32-22)17-8-3-2-4-9-17)24(33)30-19-11-6-5-10-18(19)25-31-20-12-7-13-27-26(20)37-25/h2-13,16,28H,14-15H2,1H3,(H,30,33). The van der Waals surface area contributed by atoms with Crippen LogP contribution in [-0.2, 0) is 10.0 Å². The molecule has 38 heavy (non-hydrogen) atoms. The lowest BCUT2D eigenvalue weighted by Crippen LogP contribution is -2.27. The molecule has 0 aliphatic rings. The Hall–Kier alpha value is -4.26. The summed E-state index contributed by atoms with van der Waals surface area (Å²) in [6.45, 7) is 0.0727. The number of sulfonamides is 1. The highest BCUT2D eigenvalue weighted by Gasteiger charge is 2.17. The molecule has 10 nitrogen and oxygen atoms in total. The van der Waals surface area contributed by atoms with Gasteiger partial charge in [-0.25, -0.2) is 28.1 Å². The highest BCUT2D eigenvalue weighted by molar-refractivity contribution is 7.88. The van der Waals surface area contributed by atoms with Crippen LogP contribution in [0, 0.1) is 0 Å². The minimum Gasteiger partial charge on any atom is -0.476 e. The van der Waals surface area contributed by atoms with Crippen molar-refractivity contribution in [1.29, 1.82) is 0 Å². The van der Waals surface area contributed by atoms with Gasteiger partial charge in [-0.1, -0.05) is 53.8 Å². The maximum atomic E-state index is 13.4. The number of aromatic nitrogens is 4. The second kappa shape index (κ2) is 11.0. The third-order valence-corrected chi connectivity index (χ3v) is 7.00. The smallest absolute Gasteiger partial charge is 0.274 e. The summed E-state index contributed by atoms with van der Waals surface area (Å²) >= 11 is 1.43. The number of rotatable bonds is 9. The van der Waals surface area contributed by atoms with E-state index in [2.05, 4.69) is 30.0 Å². The zero-order valence-corrected chi connectivity index (χ0v) is 21.8. The number of carbonyl (C=O) groups is 1. The summed E-state index contributed by atoms with van der Waals surface area (Å²) in [5.41, 5.74) is 2.89. The van der Waals surface area contributed by atoms with Gasteiger partial charge in [-0.2, -0.15) is 4.98 Å². The van der Waals surface area contributed by atoms with Crippen molar-refractivity contribution in [2.24, 2.45) is 0 Å². The third kappa shape index (κ3) is 6.17. The van der Waals surface area contributed by atoms with Gasteiger partial charge in [0.2, 0.25) is 15.9 Å². The first kappa shape index (κ1) is 25.4. The number of fused-ring (bicyclic) bond motifs is 1. The summed E-state index contributed by atoms with van der Waals surface area (Å²) in [4.78, 5) is 32.1. The van der Waals surface area contributed by atoms with E-state index in [4.69, 9.17) is 4.74 Å². The van der Waals surface area contributed by atoms with Crippen LogP contribution in [0.1, 0.15) is 10.5 Å². The molecule has 0 unspecified atom stereocenters. The van der Waals surface area contributed by atoms with Crippen molar-refractivity contribution in [3.63, 3.8) is 0 Å². The van der Waals surface area contributed by atoms with Crippen LogP contribution in [0.3, 0.4) is 0 Å². The van der Waals surface area contributed by atoms with Gasteiger partial charge in [0.25, 0.3) is 5.91 Å². The van der Waals surface area contributed by atoms with Gasteiger partial charge < -0.3 is 10.1 Å². The molecule has 0 aliphatic heterocycles. The van der Waals surface area contributed by atoms with Gasteiger partial charge in [-0.05, 0) is 24.3 Å². The predicted octanol–water partition coefficient (Wildman–Crippen LogP) is 4.00. The molecule has 0 aliphatic carbocycles. The van der Waals surface area contributed by atoms with Crippen molar-refractivity contribution in [2.75, 3.05) is 24.7 Å². The number of benzene rings is 2. The molecule has 1 amide bonds. The lowest BCUT2D eigenvalue weighted by Gasteiger charge is -2.12. The summed E-state index contributed by atoms with van der Waals surface area (Å²) in [5.74, 6) is -0.0185. The van der Waals surface area contributed by atoms with E-state index in [1.165, 1.54) is 17.4 Å². The lowest BCUT2D eigenvalue weighted by molar-refractivity contribution is 0.102. The normalized spacial score (nSPS) is 11.4. The summed E-state index contributed by atoms with van der Waals surface area (Å²) < 4.78 is 30.7. The zero-order valence-electron chi connectivity index (χ0n) is 20.2. The molecule has 0 radical (unpaired) electrons. The number of amides is 1. The summed E-state index contributed by atoms with van der Waals surface area (Å²) in [7, 11) is -3.36. The van der Waals surface area contributed by atoms with Crippen molar-refractivity contribution in [2.45, 2.75) is 0 Å². The minimum atomic E-state index is -3.36. The fourth-order valence-corrected chi connectivity index (χ4v) is 4.97. The summed E-state index contributed by atoms with van der Waals surface area (Å²) in [6, 6.07) is 21.7. The Kier molecular flexibility index (Phi) is 7.36. The number of ether oxygens (including phenoxy) is 1. The van der Waals surface area contributed by atoms with Crippen LogP contribution in [0.2, 0.25) is 0 Å². The monoisotopic (exact) mass is 546 g/mol. The molecule has 0 bridgehead atoms. The average Bonchev–Trinajstić information content (AvgIpc) is 3.35. The molecule has 0 fully saturated rings. The molecular formula is C26H22N6O4S2. The topological polar surface area (TPSA) is 136 Å². The number of pyridine rings is 1. The molecule has 12 heteroatoms. The van der Waals surface area contributed by atoms with Gasteiger partial charge in [0, 0.05) is 29.9 Å². The van der Waals surface area contributed by atoms with Crippen LogP contribution in [0.15, 0.2) is 79.0 Å². The quantitative estimate of drug-likeness (QED) is 0.265. The van der Waals surface area contributed by atoms with E-state index in [0.29, 0.717) is 17.1 Å². The van der Waals surface area contributed by atoms with Crippen molar-refractivity contribution in [1.82, 2.24) is 24.7 Å². The third-order valence-electron chi connectivity index (χ3n) is 5.26. The Balaban J connectivity index is 1.43. The number of thiazole rings is 1. The Labute approximate surface area is 222 Å². The van der Waals surface area contributed by atoms with Crippen molar-refractivity contribution < 1.29 is 17.9 Å². The van der Waals surface area contributed by atoms with Crippen molar-refractivity contribution >= 4 is 43.3 Å². The van der Waals surface area contributed by atoms with Gasteiger partial charge in [0.05, 0.1) is 11.9 Å². The van der Waals surface area contributed by atoms with E-state index < -0.39 is 15.9 Å². The average molecular weight is 547 g/mol. The molecule has 0 atom stereocenters. The van der Waals surface area contributed by atoms with Crippen LogP contribution in [-0.4, -0.2) is 53.7 Å². The van der Waals surface area contributed by atoms with Crippen molar-refractivity contribution in [3.05, 3.63) is 84.7 Å². The molecule has 3 heterocycles. The first-order valence-electron chi connectivity index (χ1n) is 11.5. The Morgan fingerprint density at radius 2 is 1.76 bits per heavy atom. The second-order valence-electron chi connectivity index (χ2n) is 8.14. The highest BCUT2D eigenvalue weighted by atomic mass is 32.2. The first-order valence-corrected chi connectivity index (χ1v) is 14.2. The number of hydrogen-bond donors (Lipinski definition) is 2. The zero-order chi connectivity index (χ0) is 26.5. The molecule has 0 spiro atoms. The number of nitrogens with one attached hydrogen (secondary N) is 2. The fraction of sp³-hybridized carbons (Fsp3) is 0.115. The van der Waals surface area contributed by atoms with Crippen molar-refractivity contribution in [3.8, 4) is 27.8 Å². The van der Waals surface area contributed by atoms with Gasteiger partial charge in [-0.3, -0.25) is 4.79 Å². The Bertz CT molecular complexity index is 1670. The number of nitrogens with zero attached hydrogens (tertiary/aromatic N) is 4. The van der Waals surface area contributed by atoms with Gasteiger partial charge in [0.1, 0.15) is 27.7 Å². The van der Waals surface area contributed by atoms with E-state index in [1.54, 1.807) is 12.3 Å². The first-order chi connectivity index (χ1) is 18.4. The van der Waals surface area contributed by atoms with Gasteiger partial charge in [-0.15, -0.1) is 0 Å². The fourth-order valence-electron chi connectivity index (χ4n) is 3.56. The molecule has 0 saturated carbocycles. The number of hydrogen-bond acceptors (Lipinski definition) is 9. The van der Waals surface area contributed by atoms with E-state index in [9.17, 15) is 13.2 Å². The predicted molar refractivity (Wildman–Crippen MR) is 147 cm³/mol. The Morgan fingerprint density at radius 3 is 2.55 bits per heavy atom. The molecule has 2 N–H and O–H groups in total. The van der Waals surface area contributed by atoms with Crippen LogP contribution < -0.4 is 14.8 Å². The van der Waals surface area contributed by atoms with Crippen LogP contribution in [0.4, 0.5) is 5.69 Å². The van der Waals surface area contributed by atoms with Crippen LogP contribution >= 0.6 is 11.3 Å². The number of anilines is 1. The SMILES string of the molecule is CS(=O)(=O)NCCOc1cc(C(=O)Nc2ccccc2-c2nc3cccnc3s2)nc(-c2ccccc2)n1. The minimum absolute atomic E-state index is 0.0217. The molecule has 2 aromatic carbocycles. The summed E-state index contributed by atoms with van der Waals surface area (Å²) in [5, 5.41) is 3.66. The molecule has 192 valence electrons. The lowest BCUT2D eigenvalue weighted by atomic mass is 10.1. The summed E-state index contributed by atoms with van der Waals surface area (Å²) in [6.07, 6.45) is 2.78. The molecular weight excluding hydrogens is 524 g/mol.